The molecule has 1 amide bonds. The van der Waals surface area contributed by atoms with Crippen LogP contribution >= 0.6 is 54.0 Å². The Kier molecular flexibility index (Phi) is 20.1. The number of allylic oxidation sites excluding steroid dienone is 1. The molecule has 2 atom stereocenters. The smallest absolute Gasteiger partial charge is 0.380 e. The van der Waals surface area contributed by atoms with Gasteiger partial charge in [-0.15, -0.1) is 11.8 Å². The van der Waals surface area contributed by atoms with Crippen LogP contribution in [0.1, 0.15) is 61.9 Å². The highest BCUT2D eigenvalue weighted by molar-refractivity contribution is 14.1. The van der Waals surface area contributed by atoms with Crippen LogP contribution in [0.3, 0.4) is 0 Å². The summed E-state index contributed by atoms with van der Waals surface area (Å²) in [6, 6.07) is 25.7. The standard InChI is InChI=1S/C51H64ClF3IN6O8PS3/c1-50(2)22-20-46(38-10-14-41(52)15-11-38)40(35-50)36-61-29-31-62(32-30-61)43-16-12-39(13-17-43)49(63)58-74(67,68)45-18-19-47(48(34-45)73(65,66)51(53,54)55)57-42(37-72-44-8-5-4-6-9-44)21-24-60-27-25-59(26-28-60)23-7-33-71(64,69-3)70-56/h4-6,8-19,34,42,57H,7,20-33,35-37H2,1-3H3,(H,58,63)/t42-,71?/m1/s1. The summed E-state index contributed by atoms with van der Waals surface area (Å²) in [5.74, 6) is -0.701. The molecular formula is C51H64ClF3IN6O8PS3. The van der Waals surface area contributed by atoms with E-state index in [0.717, 1.165) is 87.8 Å². The van der Waals surface area contributed by atoms with E-state index < -0.39 is 60.4 Å². The van der Waals surface area contributed by atoms with Crippen LogP contribution in [-0.2, 0) is 31.8 Å². The Morgan fingerprint density at radius 2 is 1.50 bits per heavy atom. The van der Waals surface area contributed by atoms with Gasteiger partial charge >= 0.3 is 13.1 Å². The summed E-state index contributed by atoms with van der Waals surface area (Å²) in [6.07, 6.45) is 4.44. The Hall–Kier alpha value is -3.22. The molecule has 4 aromatic rings. The van der Waals surface area contributed by atoms with Crippen molar-refractivity contribution in [2.75, 3.05) is 101 Å². The number of amides is 1. The van der Waals surface area contributed by atoms with Crippen molar-refractivity contribution in [1.29, 1.82) is 0 Å². The fourth-order valence-electron chi connectivity index (χ4n) is 9.54. The minimum atomic E-state index is -6.10. The number of alkyl halides is 3. The van der Waals surface area contributed by atoms with Crippen molar-refractivity contribution < 1.29 is 46.7 Å². The van der Waals surface area contributed by atoms with E-state index >= 15 is 0 Å². The van der Waals surface area contributed by atoms with E-state index in [0.29, 0.717) is 55.9 Å². The normalized spacial score (nSPS) is 18.7. The molecule has 74 heavy (non-hydrogen) atoms. The molecule has 4 aromatic carbocycles. The number of benzene rings is 4. The highest BCUT2D eigenvalue weighted by Gasteiger charge is 2.48. The highest BCUT2D eigenvalue weighted by Crippen LogP contribution is 2.50. The molecule has 7 rings (SSSR count). The fraction of sp³-hybridized carbons (Fsp3) is 0.471. The average molecular weight is 1240 g/mol. The van der Waals surface area contributed by atoms with Gasteiger partial charge in [0.2, 0.25) is 0 Å². The number of piperazine rings is 2. The summed E-state index contributed by atoms with van der Waals surface area (Å²) < 4.78 is 121. The van der Waals surface area contributed by atoms with Gasteiger partial charge in [0.25, 0.3) is 25.8 Å². The number of sulfonamides is 1. The second-order valence-electron chi connectivity index (χ2n) is 19.7. The molecular weight excluding hydrogens is 1170 g/mol. The number of carbonyl (C=O) groups is 1. The lowest BCUT2D eigenvalue weighted by Crippen LogP contribution is -2.47. The molecule has 2 heterocycles. The quantitative estimate of drug-likeness (QED) is 0.0435. The van der Waals surface area contributed by atoms with Crippen molar-refractivity contribution in [3.05, 3.63) is 119 Å². The number of hydrogen-bond donors (Lipinski definition) is 2. The number of sulfone groups is 1. The van der Waals surface area contributed by atoms with Gasteiger partial charge < -0.3 is 24.5 Å². The topological polar surface area (TPSA) is 158 Å². The average Bonchev–Trinajstić information content (AvgIpc) is 3.38. The van der Waals surface area contributed by atoms with Crippen LogP contribution in [0.5, 0.6) is 0 Å². The number of halogens is 5. The van der Waals surface area contributed by atoms with Gasteiger partial charge in [0, 0.05) is 106 Å². The molecule has 0 radical (unpaired) electrons. The summed E-state index contributed by atoms with van der Waals surface area (Å²) in [7, 11) is -12.7. The summed E-state index contributed by atoms with van der Waals surface area (Å²) in [4.78, 5) is 21.3. The Morgan fingerprint density at radius 3 is 2.12 bits per heavy atom. The van der Waals surface area contributed by atoms with Crippen LogP contribution in [0.2, 0.25) is 5.02 Å². The summed E-state index contributed by atoms with van der Waals surface area (Å²) in [6.45, 7) is 12.6. The van der Waals surface area contributed by atoms with Crippen LogP contribution in [0.15, 0.2) is 117 Å². The molecule has 0 saturated carbocycles. The van der Waals surface area contributed by atoms with Crippen LogP contribution < -0.4 is 14.9 Å². The Balaban J connectivity index is 0.995. The molecule has 0 aromatic heterocycles. The number of thioether (sulfide) groups is 1. The molecule has 2 N–H and O–H groups in total. The molecule has 23 heteroatoms. The van der Waals surface area contributed by atoms with Gasteiger partial charge in [-0.3, -0.25) is 14.3 Å². The number of hydrogen-bond acceptors (Lipinski definition) is 14. The van der Waals surface area contributed by atoms with E-state index in [1.54, 1.807) is 35.1 Å². The molecule has 1 aliphatic carbocycles. The minimum absolute atomic E-state index is 0.0143. The largest absolute Gasteiger partial charge is 0.501 e. The van der Waals surface area contributed by atoms with E-state index in [1.807, 2.05) is 47.2 Å². The number of nitrogens with one attached hydrogen (secondary N) is 2. The minimum Gasteiger partial charge on any atom is -0.380 e. The SMILES string of the molecule is COP(=O)(CCCN1CCN(CC[C@H](CSc2ccccc2)Nc2ccc(S(=O)(=O)NC(=O)c3ccc(N4CCN(CC5=C(c6ccc(Cl)cc6)CCC(C)(C)C5)CC4)cc3)cc2S(=O)(=O)C(F)(F)F)CC1)OI. The highest BCUT2D eigenvalue weighted by atomic mass is 127. The molecule has 2 fully saturated rings. The summed E-state index contributed by atoms with van der Waals surface area (Å²) in [5, 5.41) is 3.73. The van der Waals surface area contributed by atoms with Crippen LogP contribution in [-0.4, -0.2) is 140 Å². The van der Waals surface area contributed by atoms with E-state index in [1.165, 1.54) is 47.7 Å². The van der Waals surface area contributed by atoms with Gasteiger partial charge in [0.05, 0.1) is 16.7 Å². The number of carbonyl (C=O) groups excluding carboxylic acids is 1. The molecule has 0 spiro atoms. The maximum Gasteiger partial charge on any atom is 0.501 e. The molecule has 2 saturated heterocycles. The van der Waals surface area contributed by atoms with Crippen molar-refractivity contribution in [2.24, 2.45) is 5.41 Å². The first-order valence-electron chi connectivity index (χ1n) is 24.5. The molecule has 0 bridgehead atoms. The van der Waals surface area contributed by atoms with Gasteiger partial charge in [-0.2, -0.15) is 13.2 Å². The molecule has 404 valence electrons. The molecule has 1 unspecified atom stereocenters. The Bertz CT molecular complexity index is 2850. The van der Waals surface area contributed by atoms with E-state index in [2.05, 4.69) is 50.9 Å². The van der Waals surface area contributed by atoms with Crippen molar-refractivity contribution >= 4 is 96.7 Å². The second-order valence-corrected chi connectivity index (χ2v) is 28.1. The first-order chi connectivity index (χ1) is 35.1. The van der Waals surface area contributed by atoms with Gasteiger partial charge in [0.1, 0.15) is 27.9 Å². The third-order valence-corrected chi connectivity index (χ3v) is 21.5. The first kappa shape index (κ1) is 58.5. The molecule has 14 nitrogen and oxygen atoms in total. The van der Waals surface area contributed by atoms with E-state index in [-0.39, 0.29) is 17.1 Å². The van der Waals surface area contributed by atoms with Crippen molar-refractivity contribution in [1.82, 2.24) is 19.4 Å². The number of anilines is 2. The van der Waals surface area contributed by atoms with Gasteiger partial charge in [0.15, 0.2) is 0 Å². The maximum atomic E-state index is 14.4. The summed E-state index contributed by atoms with van der Waals surface area (Å²) >= 11 is 9.23. The molecule has 3 aliphatic rings. The van der Waals surface area contributed by atoms with E-state index in [9.17, 15) is 39.4 Å². The zero-order valence-electron chi connectivity index (χ0n) is 41.7. The van der Waals surface area contributed by atoms with E-state index in [4.69, 9.17) is 19.0 Å². The molecule has 2 aliphatic heterocycles. The Morgan fingerprint density at radius 1 is 0.865 bits per heavy atom. The lowest BCUT2D eigenvalue weighted by molar-refractivity contribution is -0.0436. The predicted octanol–water partition coefficient (Wildman–Crippen LogP) is 10.7. The van der Waals surface area contributed by atoms with Gasteiger partial charge in [-0.1, -0.05) is 61.4 Å². The number of rotatable bonds is 22. The van der Waals surface area contributed by atoms with Crippen molar-refractivity contribution in [3.8, 4) is 0 Å². The van der Waals surface area contributed by atoms with Crippen LogP contribution in [0.4, 0.5) is 24.5 Å². The Labute approximate surface area is 457 Å². The lowest BCUT2D eigenvalue weighted by Gasteiger charge is -2.39. The van der Waals surface area contributed by atoms with Crippen molar-refractivity contribution in [3.63, 3.8) is 0 Å². The van der Waals surface area contributed by atoms with Crippen LogP contribution in [0.25, 0.3) is 5.57 Å². The fourth-order valence-corrected chi connectivity index (χ4v) is 14.6. The van der Waals surface area contributed by atoms with Crippen LogP contribution in [0, 0.1) is 5.41 Å². The zero-order chi connectivity index (χ0) is 53.3. The first-order valence-corrected chi connectivity index (χ1v) is 31.4. The third-order valence-electron chi connectivity index (χ3n) is 13.8. The maximum absolute atomic E-state index is 14.4. The third kappa shape index (κ3) is 15.7. The van der Waals surface area contributed by atoms with Gasteiger partial charge in [-0.25, -0.2) is 24.4 Å². The second kappa shape index (κ2) is 25.5. The summed E-state index contributed by atoms with van der Waals surface area (Å²) in [5.41, 5.74) is -1.12. The lowest BCUT2D eigenvalue weighted by atomic mass is 9.73. The van der Waals surface area contributed by atoms with Gasteiger partial charge in [-0.05, 0) is 122 Å². The van der Waals surface area contributed by atoms with Crippen molar-refractivity contribution in [2.45, 2.75) is 72.2 Å². The zero-order valence-corrected chi connectivity index (χ0v) is 47.9. The predicted molar refractivity (Wildman–Crippen MR) is 297 cm³/mol. The number of nitrogens with zero attached hydrogens (tertiary/aromatic N) is 4. The monoisotopic (exact) mass is 1230 g/mol.